The van der Waals surface area contributed by atoms with Gasteiger partial charge in [0.2, 0.25) is 5.91 Å². The minimum atomic E-state index is -0.936. The van der Waals surface area contributed by atoms with Gasteiger partial charge in [0.15, 0.2) is 0 Å². The summed E-state index contributed by atoms with van der Waals surface area (Å²) in [5.74, 6) is -0.898. The SMILES string of the molecule is CCN(CC(=O)N(C)C)Cc1cccc(C(=O)O)c1. The van der Waals surface area contributed by atoms with Gasteiger partial charge in [0.25, 0.3) is 0 Å². The molecule has 0 bridgehead atoms. The lowest BCUT2D eigenvalue weighted by Gasteiger charge is -2.22. The van der Waals surface area contributed by atoms with Crippen molar-refractivity contribution in [3.05, 3.63) is 35.4 Å². The zero-order chi connectivity index (χ0) is 14.4. The molecule has 0 aromatic heterocycles. The lowest BCUT2D eigenvalue weighted by molar-refractivity contribution is -0.130. The van der Waals surface area contributed by atoms with Gasteiger partial charge >= 0.3 is 5.97 Å². The van der Waals surface area contributed by atoms with E-state index in [9.17, 15) is 9.59 Å². The van der Waals surface area contributed by atoms with Crippen LogP contribution in [0.1, 0.15) is 22.8 Å². The van der Waals surface area contributed by atoms with Crippen LogP contribution in [0.25, 0.3) is 0 Å². The van der Waals surface area contributed by atoms with Crippen LogP contribution in [0.3, 0.4) is 0 Å². The highest BCUT2D eigenvalue weighted by Gasteiger charge is 2.12. The van der Waals surface area contributed by atoms with Crippen molar-refractivity contribution < 1.29 is 14.7 Å². The summed E-state index contributed by atoms with van der Waals surface area (Å²) in [5, 5.41) is 8.94. The maximum Gasteiger partial charge on any atom is 0.335 e. The van der Waals surface area contributed by atoms with Crippen LogP contribution in [-0.4, -0.2) is 54.0 Å². The Morgan fingerprint density at radius 2 is 1.95 bits per heavy atom. The third kappa shape index (κ3) is 4.71. The molecule has 0 heterocycles. The quantitative estimate of drug-likeness (QED) is 0.841. The molecule has 1 aromatic carbocycles. The van der Waals surface area contributed by atoms with E-state index >= 15 is 0 Å². The summed E-state index contributed by atoms with van der Waals surface area (Å²) in [4.78, 5) is 26.1. The first-order chi connectivity index (χ1) is 8.93. The van der Waals surface area contributed by atoms with Crippen molar-refractivity contribution in [1.82, 2.24) is 9.80 Å². The van der Waals surface area contributed by atoms with Gasteiger partial charge in [-0.2, -0.15) is 0 Å². The van der Waals surface area contributed by atoms with E-state index in [0.29, 0.717) is 13.1 Å². The van der Waals surface area contributed by atoms with Crippen molar-refractivity contribution in [3.63, 3.8) is 0 Å². The Bertz CT molecular complexity index is 458. The average Bonchev–Trinajstić information content (AvgIpc) is 2.37. The van der Waals surface area contributed by atoms with Crippen LogP contribution < -0.4 is 0 Å². The largest absolute Gasteiger partial charge is 0.478 e. The van der Waals surface area contributed by atoms with Crippen molar-refractivity contribution in [3.8, 4) is 0 Å². The normalized spacial score (nSPS) is 10.5. The van der Waals surface area contributed by atoms with Gasteiger partial charge in [-0.05, 0) is 24.2 Å². The highest BCUT2D eigenvalue weighted by molar-refractivity contribution is 5.87. The molecule has 1 amide bonds. The summed E-state index contributed by atoms with van der Waals surface area (Å²) in [6, 6.07) is 6.80. The third-order valence-electron chi connectivity index (χ3n) is 2.88. The van der Waals surface area contributed by atoms with Crippen molar-refractivity contribution in [2.45, 2.75) is 13.5 Å². The minimum Gasteiger partial charge on any atom is -0.478 e. The van der Waals surface area contributed by atoms with Gasteiger partial charge in [-0.15, -0.1) is 0 Å². The number of amides is 1. The van der Waals surface area contributed by atoms with Gasteiger partial charge in [0.1, 0.15) is 0 Å². The van der Waals surface area contributed by atoms with Crippen LogP contribution in [0.2, 0.25) is 0 Å². The van der Waals surface area contributed by atoms with E-state index in [1.165, 1.54) is 0 Å². The fourth-order valence-corrected chi connectivity index (χ4v) is 1.67. The van der Waals surface area contributed by atoms with Crippen molar-refractivity contribution in [1.29, 1.82) is 0 Å². The maximum atomic E-state index is 11.7. The highest BCUT2D eigenvalue weighted by atomic mass is 16.4. The van der Waals surface area contributed by atoms with Crippen molar-refractivity contribution >= 4 is 11.9 Å². The monoisotopic (exact) mass is 264 g/mol. The van der Waals surface area contributed by atoms with E-state index in [2.05, 4.69) is 0 Å². The van der Waals surface area contributed by atoms with E-state index in [1.54, 1.807) is 37.2 Å². The number of carboxylic acid groups (broad SMARTS) is 1. The molecular weight excluding hydrogens is 244 g/mol. The topological polar surface area (TPSA) is 60.9 Å². The first-order valence-corrected chi connectivity index (χ1v) is 6.18. The second-order valence-electron chi connectivity index (χ2n) is 4.60. The molecule has 104 valence electrons. The van der Waals surface area contributed by atoms with E-state index in [0.717, 1.165) is 12.1 Å². The summed E-state index contributed by atoms with van der Waals surface area (Å²) in [7, 11) is 3.45. The minimum absolute atomic E-state index is 0.0382. The fourth-order valence-electron chi connectivity index (χ4n) is 1.67. The zero-order valence-corrected chi connectivity index (χ0v) is 11.6. The molecule has 0 unspecified atom stereocenters. The number of likely N-dealkylation sites (N-methyl/N-ethyl adjacent to an activating group) is 2. The zero-order valence-electron chi connectivity index (χ0n) is 11.6. The summed E-state index contributed by atoms with van der Waals surface area (Å²) in [5.41, 5.74) is 1.17. The predicted molar refractivity (Wildman–Crippen MR) is 73.0 cm³/mol. The first kappa shape index (κ1) is 15.2. The molecule has 0 radical (unpaired) electrons. The molecule has 5 heteroatoms. The number of hydrogen-bond donors (Lipinski definition) is 1. The standard InChI is InChI=1S/C14H20N2O3/c1-4-16(10-13(17)15(2)3)9-11-6-5-7-12(8-11)14(18)19/h5-8H,4,9-10H2,1-3H3,(H,18,19). The Labute approximate surface area is 113 Å². The Morgan fingerprint density at radius 3 is 2.47 bits per heavy atom. The van der Waals surface area contributed by atoms with Gasteiger partial charge in [-0.25, -0.2) is 4.79 Å². The molecule has 1 N–H and O–H groups in total. The molecule has 1 aromatic rings. The number of rotatable bonds is 6. The van der Waals surface area contributed by atoms with Crippen molar-refractivity contribution in [2.75, 3.05) is 27.2 Å². The first-order valence-electron chi connectivity index (χ1n) is 6.18. The Balaban J connectivity index is 2.73. The molecule has 0 fully saturated rings. The number of carbonyl (C=O) groups is 2. The van der Waals surface area contributed by atoms with Gasteiger partial charge < -0.3 is 10.0 Å². The highest BCUT2D eigenvalue weighted by Crippen LogP contribution is 2.08. The van der Waals surface area contributed by atoms with E-state index in [1.807, 2.05) is 17.9 Å². The van der Waals surface area contributed by atoms with Gasteiger partial charge in [-0.1, -0.05) is 19.1 Å². The Kier molecular flexibility index (Phi) is 5.51. The van der Waals surface area contributed by atoms with Crippen molar-refractivity contribution in [2.24, 2.45) is 0 Å². The molecule has 0 saturated heterocycles. The van der Waals surface area contributed by atoms with Crippen LogP contribution in [-0.2, 0) is 11.3 Å². The molecule has 0 aliphatic carbocycles. The fraction of sp³-hybridized carbons (Fsp3) is 0.429. The predicted octanol–water partition coefficient (Wildman–Crippen LogP) is 1.29. The Hall–Kier alpha value is -1.88. The number of aromatic carboxylic acids is 1. The molecule has 0 spiro atoms. The van der Waals surface area contributed by atoms with E-state index < -0.39 is 5.97 Å². The summed E-state index contributed by atoms with van der Waals surface area (Å²) in [6.45, 7) is 3.61. The summed E-state index contributed by atoms with van der Waals surface area (Å²) < 4.78 is 0. The molecule has 0 aliphatic heterocycles. The molecule has 5 nitrogen and oxygen atoms in total. The smallest absolute Gasteiger partial charge is 0.335 e. The molecule has 0 saturated carbocycles. The Morgan fingerprint density at radius 1 is 1.26 bits per heavy atom. The second-order valence-corrected chi connectivity index (χ2v) is 4.60. The lowest BCUT2D eigenvalue weighted by Crippen LogP contribution is -2.36. The second kappa shape index (κ2) is 6.89. The molecule has 0 atom stereocenters. The molecule has 1 rings (SSSR count). The number of carboxylic acids is 1. The van der Waals surface area contributed by atoms with Crippen LogP contribution in [0.4, 0.5) is 0 Å². The molecule has 19 heavy (non-hydrogen) atoms. The van der Waals surface area contributed by atoms with Crippen LogP contribution in [0.5, 0.6) is 0 Å². The van der Waals surface area contributed by atoms with Gasteiger partial charge in [-0.3, -0.25) is 9.69 Å². The number of carbonyl (C=O) groups excluding carboxylic acids is 1. The van der Waals surface area contributed by atoms with Crippen LogP contribution >= 0.6 is 0 Å². The lowest BCUT2D eigenvalue weighted by atomic mass is 10.1. The number of benzene rings is 1. The molecular formula is C14H20N2O3. The van der Waals surface area contributed by atoms with E-state index in [4.69, 9.17) is 5.11 Å². The molecule has 0 aliphatic rings. The number of nitrogens with zero attached hydrogens (tertiary/aromatic N) is 2. The van der Waals surface area contributed by atoms with Crippen LogP contribution in [0, 0.1) is 0 Å². The maximum absolute atomic E-state index is 11.7. The number of hydrogen-bond acceptors (Lipinski definition) is 3. The third-order valence-corrected chi connectivity index (χ3v) is 2.88. The summed E-state index contributed by atoms with van der Waals surface area (Å²) in [6.07, 6.45) is 0. The van der Waals surface area contributed by atoms with E-state index in [-0.39, 0.29) is 11.5 Å². The van der Waals surface area contributed by atoms with Gasteiger partial charge in [0.05, 0.1) is 12.1 Å². The average molecular weight is 264 g/mol. The van der Waals surface area contributed by atoms with Crippen LogP contribution in [0.15, 0.2) is 24.3 Å². The summed E-state index contributed by atoms with van der Waals surface area (Å²) >= 11 is 0. The van der Waals surface area contributed by atoms with Gasteiger partial charge in [0, 0.05) is 20.6 Å².